The molecule has 0 aliphatic carbocycles. The molecule has 0 amide bonds. The number of rotatable bonds is 5. The molecule has 1 aromatic carbocycles. The lowest BCUT2D eigenvalue weighted by molar-refractivity contribution is 0.0783. The molecular formula is C18H22N4O2. The van der Waals surface area contributed by atoms with E-state index in [4.69, 9.17) is 4.42 Å². The summed E-state index contributed by atoms with van der Waals surface area (Å²) in [4.78, 5) is 6.94. The van der Waals surface area contributed by atoms with E-state index in [9.17, 15) is 5.11 Å². The van der Waals surface area contributed by atoms with Crippen molar-refractivity contribution < 1.29 is 9.52 Å². The Labute approximate surface area is 140 Å². The van der Waals surface area contributed by atoms with Crippen LogP contribution in [0.15, 0.2) is 47.1 Å². The molecule has 0 radical (unpaired) electrons. The van der Waals surface area contributed by atoms with Crippen LogP contribution in [0.5, 0.6) is 0 Å². The van der Waals surface area contributed by atoms with Crippen LogP contribution in [0.2, 0.25) is 0 Å². The first-order valence-corrected chi connectivity index (χ1v) is 8.51. The highest BCUT2D eigenvalue weighted by Crippen LogP contribution is 2.29. The summed E-state index contributed by atoms with van der Waals surface area (Å²) in [6, 6.07) is 9.76. The molecule has 24 heavy (non-hydrogen) atoms. The fourth-order valence-corrected chi connectivity index (χ4v) is 3.47. The van der Waals surface area contributed by atoms with Crippen LogP contribution in [0.4, 0.5) is 0 Å². The van der Waals surface area contributed by atoms with Gasteiger partial charge in [0.2, 0.25) is 0 Å². The average molecular weight is 326 g/mol. The third kappa shape index (κ3) is 3.34. The van der Waals surface area contributed by atoms with E-state index in [1.807, 2.05) is 36.5 Å². The van der Waals surface area contributed by atoms with Crippen molar-refractivity contribution in [3.63, 3.8) is 0 Å². The van der Waals surface area contributed by atoms with Crippen LogP contribution < -0.4 is 0 Å². The van der Waals surface area contributed by atoms with Crippen LogP contribution in [0, 0.1) is 0 Å². The summed E-state index contributed by atoms with van der Waals surface area (Å²) < 4.78 is 7.70. The Morgan fingerprint density at radius 1 is 1.25 bits per heavy atom. The zero-order valence-corrected chi connectivity index (χ0v) is 13.6. The lowest BCUT2D eigenvalue weighted by atomic mass is 9.97. The minimum Gasteiger partial charge on any atom is -0.440 e. The number of hydrogen-bond acceptors (Lipinski definition) is 5. The summed E-state index contributed by atoms with van der Waals surface area (Å²) >= 11 is 0. The van der Waals surface area contributed by atoms with Gasteiger partial charge in [-0.3, -0.25) is 9.58 Å². The Kier molecular flexibility index (Phi) is 4.32. The summed E-state index contributed by atoms with van der Waals surface area (Å²) in [5, 5.41) is 14.5. The van der Waals surface area contributed by atoms with Crippen molar-refractivity contribution in [2.75, 3.05) is 19.6 Å². The normalized spacial score (nSPS) is 20.5. The van der Waals surface area contributed by atoms with Gasteiger partial charge in [-0.1, -0.05) is 12.1 Å². The van der Waals surface area contributed by atoms with Gasteiger partial charge in [0, 0.05) is 31.4 Å². The number of aliphatic hydroxyl groups excluding tert-OH is 1. The van der Waals surface area contributed by atoms with Gasteiger partial charge in [-0.15, -0.1) is 0 Å². The number of benzene rings is 1. The van der Waals surface area contributed by atoms with E-state index in [-0.39, 0.29) is 0 Å². The van der Waals surface area contributed by atoms with E-state index in [1.165, 1.54) is 0 Å². The lowest BCUT2D eigenvalue weighted by Gasteiger charge is -2.32. The molecule has 0 bridgehead atoms. The van der Waals surface area contributed by atoms with E-state index in [0.717, 1.165) is 42.9 Å². The van der Waals surface area contributed by atoms with Gasteiger partial charge in [0.15, 0.2) is 11.5 Å². The van der Waals surface area contributed by atoms with Crippen LogP contribution in [0.25, 0.3) is 11.1 Å². The van der Waals surface area contributed by atoms with Crippen molar-refractivity contribution in [1.29, 1.82) is 0 Å². The average Bonchev–Trinajstić information content (AvgIpc) is 3.24. The summed E-state index contributed by atoms with van der Waals surface area (Å²) in [6.07, 6.45) is 5.36. The molecule has 1 saturated heterocycles. The maximum Gasteiger partial charge on any atom is 0.199 e. The second-order valence-electron chi connectivity index (χ2n) is 6.50. The van der Waals surface area contributed by atoms with E-state index in [0.29, 0.717) is 19.0 Å². The predicted octanol–water partition coefficient (Wildman–Crippen LogP) is 2.26. The monoisotopic (exact) mass is 326 g/mol. The van der Waals surface area contributed by atoms with E-state index < -0.39 is 6.10 Å². The first kappa shape index (κ1) is 15.4. The zero-order valence-electron chi connectivity index (χ0n) is 13.6. The van der Waals surface area contributed by atoms with Crippen molar-refractivity contribution in [1.82, 2.24) is 19.7 Å². The Balaban J connectivity index is 1.39. The number of hydrogen-bond donors (Lipinski definition) is 1. The van der Waals surface area contributed by atoms with Crippen molar-refractivity contribution in [3.8, 4) is 0 Å². The molecule has 3 heterocycles. The first-order valence-electron chi connectivity index (χ1n) is 8.51. The molecule has 126 valence electrons. The number of para-hydroxylation sites is 2. The molecule has 0 unspecified atom stereocenters. The largest absolute Gasteiger partial charge is 0.440 e. The molecule has 4 rings (SSSR count). The molecule has 6 nitrogen and oxygen atoms in total. The van der Waals surface area contributed by atoms with E-state index >= 15 is 0 Å². The maximum atomic E-state index is 10.3. The molecule has 1 N–H and O–H groups in total. The molecule has 2 aromatic heterocycles. The number of β-amino-alcohol motifs (C(OH)–C–C–N with tert-alkyl or cyclic N) is 1. The van der Waals surface area contributed by atoms with Crippen LogP contribution in [-0.4, -0.2) is 50.5 Å². The molecular weight excluding hydrogens is 304 g/mol. The molecule has 0 saturated carbocycles. The fourth-order valence-electron chi connectivity index (χ4n) is 3.47. The predicted molar refractivity (Wildman–Crippen MR) is 90.7 cm³/mol. The summed E-state index contributed by atoms with van der Waals surface area (Å²) in [5.41, 5.74) is 1.77. The van der Waals surface area contributed by atoms with Crippen LogP contribution >= 0.6 is 0 Å². The molecule has 1 fully saturated rings. The highest BCUT2D eigenvalue weighted by molar-refractivity contribution is 5.72. The number of nitrogens with zero attached hydrogens (tertiary/aromatic N) is 4. The first-order chi connectivity index (χ1) is 11.8. The summed E-state index contributed by atoms with van der Waals surface area (Å²) in [5.74, 6) is 1.12. The number of likely N-dealkylation sites (tertiary alicyclic amines) is 1. The van der Waals surface area contributed by atoms with Gasteiger partial charge >= 0.3 is 0 Å². The van der Waals surface area contributed by atoms with Gasteiger partial charge in [0.1, 0.15) is 5.52 Å². The van der Waals surface area contributed by atoms with Crippen molar-refractivity contribution >= 4 is 11.1 Å². The minimum atomic E-state index is -0.424. The Bertz CT molecular complexity index is 750. The molecule has 2 atom stereocenters. The van der Waals surface area contributed by atoms with Crippen LogP contribution in [-0.2, 0) is 6.54 Å². The highest BCUT2D eigenvalue weighted by atomic mass is 16.3. The van der Waals surface area contributed by atoms with Crippen molar-refractivity contribution in [2.45, 2.75) is 31.4 Å². The Morgan fingerprint density at radius 3 is 3.00 bits per heavy atom. The number of oxazole rings is 1. The highest BCUT2D eigenvalue weighted by Gasteiger charge is 2.26. The summed E-state index contributed by atoms with van der Waals surface area (Å²) in [6.45, 7) is 3.06. The van der Waals surface area contributed by atoms with E-state index in [1.54, 1.807) is 10.9 Å². The third-order valence-electron chi connectivity index (χ3n) is 4.59. The maximum absolute atomic E-state index is 10.3. The minimum absolute atomic E-state index is 0.294. The van der Waals surface area contributed by atoms with Crippen molar-refractivity contribution in [3.05, 3.63) is 48.6 Å². The number of fused-ring (bicyclic) bond motifs is 1. The van der Waals surface area contributed by atoms with Gasteiger partial charge in [-0.2, -0.15) is 5.10 Å². The molecule has 3 aromatic rings. The van der Waals surface area contributed by atoms with Gasteiger partial charge in [-0.05, 0) is 37.6 Å². The van der Waals surface area contributed by atoms with E-state index in [2.05, 4.69) is 15.0 Å². The zero-order chi connectivity index (χ0) is 16.4. The lowest BCUT2D eigenvalue weighted by Crippen LogP contribution is -2.40. The van der Waals surface area contributed by atoms with Gasteiger partial charge < -0.3 is 9.52 Å². The number of aliphatic hydroxyl groups is 1. The van der Waals surface area contributed by atoms with Crippen molar-refractivity contribution in [2.24, 2.45) is 0 Å². The SMILES string of the molecule is O[C@@H](CN1CCC[C@@H](c2nc3ccccc3o2)C1)Cn1cccn1. The topological polar surface area (TPSA) is 67.3 Å². The second kappa shape index (κ2) is 6.75. The number of piperidine rings is 1. The van der Waals surface area contributed by atoms with Gasteiger partial charge in [0.25, 0.3) is 0 Å². The molecule has 6 heteroatoms. The molecule has 1 aliphatic heterocycles. The summed E-state index contributed by atoms with van der Waals surface area (Å²) in [7, 11) is 0. The standard InChI is InChI=1S/C18H22N4O2/c23-15(13-22-10-4-8-19-22)12-21-9-3-5-14(11-21)18-20-16-6-1-2-7-17(16)24-18/h1-2,4,6-8,10,14-15,23H,3,5,9,11-13H2/t14-,15+/m1/s1. The fraction of sp³-hybridized carbons (Fsp3) is 0.444. The quantitative estimate of drug-likeness (QED) is 0.779. The Morgan fingerprint density at radius 2 is 2.17 bits per heavy atom. The Hall–Kier alpha value is -2.18. The van der Waals surface area contributed by atoms with Crippen LogP contribution in [0.3, 0.4) is 0 Å². The third-order valence-corrected chi connectivity index (χ3v) is 4.59. The molecule has 1 aliphatic rings. The van der Waals surface area contributed by atoms with Gasteiger partial charge in [0.05, 0.1) is 12.6 Å². The number of aromatic nitrogens is 3. The smallest absolute Gasteiger partial charge is 0.199 e. The second-order valence-corrected chi connectivity index (χ2v) is 6.50. The van der Waals surface area contributed by atoms with Crippen LogP contribution in [0.1, 0.15) is 24.7 Å². The van der Waals surface area contributed by atoms with Gasteiger partial charge in [-0.25, -0.2) is 4.98 Å². The molecule has 0 spiro atoms.